The van der Waals surface area contributed by atoms with Crippen molar-refractivity contribution in [1.82, 2.24) is 15.1 Å². The van der Waals surface area contributed by atoms with Gasteiger partial charge < -0.3 is 19.9 Å². The molecule has 6 heteroatoms. The van der Waals surface area contributed by atoms with Crippen LogP contribution in [0, 0.1) is 17.8 Å². The molecule has 0 bridgehead atoms. The predicted molar refractivity (Wildman–Crippen MR) is 105 cm³/mol. The van der Waals surface area contributed by atoms with Crippen molar-refractivity contribution in [2.75, 3.05) is 39.3 Å². The summed E-state index contributed by atoms with van der Waals surface area (Å²) in [5.41, 5.74) is 0. The van der Waals surface area contributed by atoms with Crippen molar-refractivity contribution in [3.05, 3.63) is 0 Å². The molecule has 2 heterocycles. The van der Waals surface area contributed by atoms with Crippen LogP contribution in [0.4, 0.5) is 4.79 Å². The van der Waals surface area contributed by atoms with Crippen molar-refractivity contribution in [1.29, 1.82) is 0 Å². The highest BCUT2D eigenvalue weighted by atomic mass is 16.6. The van der Waals surface area contributed by atoms with Gasteiger partial charge in [0.15, 0.2) is 0 Å². The van der Waals surface area contributed by atoms with Crippen LogP contribution in [0.5, 0.6) is 0 Å². The van der Waals surface area contributed by atoms with Crippen molar-refractivity contribution in [2.45, 2.75) is 64.8 Å². The summed E-state index contributed by atoms with van der Waals surface area (Å²) in [6.07, 6.45) is 7.59. The summed E-state index contributed by atoms with van der Waals surface area (Å²) in [7, 11) is 0. The number of nitrogens with zero attached hydrogens (tertiary/aromatic N) is 2. The summed E-state index contributed by atoms with van der Waals surface area (Å²) in [5, 5.41) is 3.19. The zero-order valence-corrected chi connectivity index (χ0v) is 17.1. The lowest BCUT2D eigenvalue weighted by molar-refractivity contribution is -0.126. The van der Waals surface area contributed by atoms with Crippen molar-refractivity contribution in [3.63, 3.8) is 0 Å². The summed E-state index contributed by atoms with van der Waals surface area (Å²) in [6, 6.07) is 0.531. The van der Waals surface area contributed by atoms with Gasteiger partial charge in [-0.15, -0.1) is 0 Å². The number of likely N-dealkylation sites (tertiary alicyclic amines) is 2. The molecule has 1 saturated carbocycles. The van der Waals surface area contributed by atoms with Crippen LogP contribution >= 0.6 is 0 Å². The van der Waals surface area contributed by atoms with Gasteiger partial charge >= 0.3 is 6.09 Å². The number of amides is 2. The Hall–Kier alpha value is -1.30. The standard InChI is InChI=1S/C21H37N3O3/c1-3-27-21(26)24-11-4-5-19(10-14-24)23-12-8-18(9-13-23)20(25)22-15-16(2)17-6-7-17/h16-19H,3-15H2,1-2H3,(H,22,25). The van der Waals surface area contributed by atoms with Crippen molar-refractivity contribution < 1.29 is 14.3 Å². The van der Waals surface area contributed by atoms with Crippen LogP contribution in [0.3, 0.4) is 0 Å². The summed E-state index contributed by atoms with van der Waals surface area (Å²) in [6.45, 7) is 8.97. The van der Waals surface area contributed by atoms with E-state index in [1.54, 1.807) is 0 Å². The Labute approximate surface area is 164 Å². The maximum absolute atomic E-state index is 12.5. The smallest absolute Gasteiger partial charge is 0.409 e. The Bertz CT molecular complexity index is 501. The first-order valence-electron chi connectivity index (χ1n) is 11.0. The van der Waals surface area contributed by atoms with Gasteiger partial charge in [0.1, 0.15) is 0 Å². The molecule has 1 N–H and O–H groups in total. The monoisotopic (exact) mass is 379 g/mol. The quantitative estimate of drug-likeness (QED) is 0.771. The molecule has 0 spiro atoms. The van der Waals surface area contributed by atoms with Crippen LogP contribution in [-0.2, 0) is 9.53 Å². The molecular weight excluding hydrogens is 342 g/mol. The summed E-state index contributed by atoms with van der Waals surface area (Å²) in [5.74, 6) is 1.91. The number of hydrogen-bond acceptors (Lipinski definition) is 4. The normalized spacial score (nSPS) is 26.3. The van der Waals surface area contributed by atoms with Crippen LogP contribution in [0.15, 0.2) is 0 Å². The van der Waals surface area contributed by atoms with Gasteiger partial charge in [0.2, 0.25) is 5.91 Å². The van der Waals surface area contributed by atoms with Gasteiger partial charge in [-0.05, 0) is 76.8 Å². The fraction of sp³-hybridized carbons (Fsp3) is 0.905. The molecule has 154 valence electrons. The highest BCUT2D eigenvalue weighted by Crippen LogP contribution is 2.36. The van der Waals surface area contributed by atoms with Gasteiger partial charge in [0.25, 0.3) is 0 Å². The van der Waals surface area contributed by atoms with Gasteiger partial charge in [-0.3, -0.25) is 4.79 Å². The molecule has 6 nitrogen and oxygen atoms in total. The molecule has 0 aromatic heterocycles. The number of rotatable bonds is 6. The van der Waals surface area contributed by atoms with Crippen molar-refractivity contribution in [3.8, 4) is 0 Å². The Morgan fingerprint density at radius 3 is 2.44 bits per heavy atom. The predicted octanol–water partition coefficient (Wildman–Crippen LogP) is 2.87. The maximum Gasteiger partial charge on any atom is 0.409 e. The fourth-order valence-electron chi connectivity index (χ4n) is 4.61. The average Bonchev–Trinajstić information content (AvgIpc) is 3.53. The molecule has 0 aromatic carbocycles. The first-order valence-corrected chi connectivity index (χ1v) is 11.0. The molecule has 3 fully saturated rings. The zero-order valence-electron chi connectivity index (χ0n) is 17.1. The van der Waals surface area contributed by atoms with E-state index in [1.807, 2.05) is 11.8 Å². The molecule has 2 atom stereocenters. The maximum atomic E-state index is 12.5. The van der Waals surface area contributed by atoms with E-state index in [0.29, 0.717) is 18.6 Å². The number of ether oxygens (including phenoxy) is 1. The molecule has 1 aliphatic carbocycles. The zero-order chi connectivity index (χ0) is 19.2. The SMILES string of the molecule is CCOC(=O)N1CCCC(N2CCC(C(=O)NCC(C)C3CC3)CC2)CC1. The number of piperidine rings is 1. The van der Waals surface area contributed by atoms with Crippen LogP contribution in [-0.4, -0.2) is 67.2 Å². The fourth-order valence-corrected chi connectivity index (χ4v) is 4.61. The molecule has 3 aliphatic rings. The Morgan fingerprint density at radius 2 is 1.78 bits per heavy atom. The molecule has 2 amide bonds. The topological polar surface area (TPSA) is 61.9 Å². The van der Waals surface area contributed by atoms with E-state index in [9.17, 15) is 9.59 Å². The third-order valence-electron chi connectivity index (χ3n) is 6.67. The number of carbonyl (C=O) groups excluding carboxylic acids is 2. The van der Waals surface area contributed by atoms with Crippen LogP contribution in [0.2, 0.25) is 0 Å². The first kappa shape index (κ1) is 20.4. The van der Waals surface area contributed by atoms with E-state index in [-0.39, 0.29) is 17.9 Å². The van der Waals surface area contributed by atoms with E-state index >= 15 is 0 Å². The van der Waals surface area contributed by atoms with Gasteiger partial charge in [-0.1, -0.05) is 6.92 Å². The molecular formula is C21H37N3O3. The van der Waals surface area contributed by atoms with Crippen molar-refractivity contribution >= 4 is 12.0 Å². The largest absolute Gasteiger partial charge is 0.450 e. The van der Waals surface area contributed by atoms with Gasteiger partial charge in [0, 0.05) is 31.6 Å². The lowest BCUT2D eigenvalue weighted by Gasteiger charge is -2.37. The Kier molecular flexibility index (Phi) is 7.39. The van der Waals surface area contributed by atoms with Crippen LogP contribution < -0.4 is 5.32 Å². The highest BCUT2D eigenvalue weighted by Gasteiger charge is 2.32. The van der Waals surface area contributed by atoms with Crippen molar-refractivity contribution in [2.24, 2.45) is 17.8 Å². The van der Waals surface area contributed by atoms with Gasteiger partial charge in [-0.25, -0.2) is 4.79 Å². The Morgan fingerprint density at radius 1 is 1.04 bits per heavy atom. The molecule has 0 aromatic rings. The molecule has 0 radical (unpaired) electrons. The van der Waals surface area contributed by atoms with Gasteiger partial charge in [-0.2, -0.15) is 0 Å². The summed E-state index contributed by atoms with van der Waals surface area (Å²) in [4.78, 5) is 28.8. The third kappa shape index (κ3) is 5.84. The van der Waals surface area contributed by atoms with E-state index in [1.165, 1.54) is 12.8 Å². The highest BCUT2D eigenvalue weighted by molar-refractivity contribution is 5.78. The minimum atomic E-state index is -0.172. The molecule has 27 heavy (non-hydrogen) atoms. The second kappa shape index (κ2) is 9.76. The summed E-state index contributed by atoms with van der Waals surface area (Å²) < 4.78 is 5.15. The first-order chi connectivity index (χ1) is 13.1. The Balaban J connectivity index is 1.38. The average molecular weight is 380 g/mol. The molecule has 2 saturated heterocycles. The molecule has 3 rings (SSSR count). The second-order valence-corrected chi connectivity index (χ2v) is 8.64. The lowest BCUT2D eigenvalue weighted by atomic mass is 9.93. The van der Waals surface area contributed by atoms with E-state index < -0.39 is 0 Å². The van der Waals surface area contributed by atoms with Crippen LogP contribution in [0.25, 0.3) is 0 Å². The minimum Gasteiger partial charge on any atom is -0.450 e. The van der Waals surface area contributed by atoms with Crippen LogP contribution in [0.1, 0.15) is 58.8 Å². The number of nitrogens with one attached hydrogen (secondary N) is 1. The van der Waals surface area contributed by atoms with E-state index in [0.717, 1.165) is 70.7 Å². The number of hydrogen-bond donors (Lipinski definition) is 1. The lowest BCUT2D eigenvalue weighted by Crippen LogP contribution is -2.45. The molecule has 2 aliphatic heterocycles. The van der Waals surface area contributed by atoms with E-state index in [2.05, 4.69) is 17.1 Å². The number of carbonyl (C=O) groups is 2. The second-order valence-electron chi connectivity index (χ2n) is 8.64. The molecule has 2 unspecified atom stereocenters. The minimum absolute atomic E-state index is 0.172. The van der Waals surface area contributed by atoms with E-state index in [4.69, 9.17) is 4.74 Å². The third-order valence-corrected chi connectivity index (χ3v) is 6.67. The van der Waals surface area contributed by atoms with Gasteiger partial charge in [0.05, 0.1) is 6.61 Å². The summed E-state index contributed by atoms with van der Waals surface area (Å²) >= 11 is 0.